The molecule has 0 radical (unpaired) electrons. The third-order valence-corrected chi connectivity index (χ3v) is 2.87. The van der Waals surface area contributed by atoms with Gasteiger partial charge in [0.05, 0.1) is 17.4 Å². The molecule has 0 saturated carbocycles. The minimum atomic E-state index is -0.303. The molecule has 0 atom stereocenters. The number of anilines is 1. The number of carbonyl (C=O) groups excluding carboxylic acids is 1. The quantitative estimate of drug-likeness (QED) is 0.730. The summed E-state index contributed by atoms with van der Waals surface area (Å²) in [6, 6.07) is 7.55. The third-order valence-electron chi connectivity index (χ3n) is 2.87. The van der Waals surface area contributed by atoms with Crippen LogP contribution in [0.3, 0.4) is 0 Å². The summed E-state index contributed by atoms with van der Waals surface area (Å²) >= 11 is 0. The number of benzene rings is 1. The number of aromatic nitrogens is 4. The summed E-state index contributed by atoms with van der Waals surface area (Å²) in [6.45, 7) is 1.98. The molecule has 0 aliphatic rings. The van der Waals surface area contributed by atoms with Gasteiger partial charge in [-0.1, -0.05) is 6.07 Å². The van der Waals surface area contributed by atoms with E-state index in [0.29, 0.717) is 5.69 Å². The summed E-state index contributed by atoms with van der Waals surface area (Å²) in [6.07, 6.45) is 3.11. The van der Waals surface area contributed by atoms with E-state index < -0.39 is 0 Å². The molecular weight excluding hydrogens is 242 g/mol. The highest BCUT2D eigenvalue weighted by Gasteiger charge is 2.11. The maximum Gasteiger partial charge on any atom is 0.277 e. The molecule has 19 heavy (non-hydrogen) atoms. The van der Waals surface area contributed by atoms with E-state index in [1.54, 1.807) is 6.20 Å². The number of nitrogens with zero attached hydrogens (tertiary/aromatic N) is 3. The van der Waals surface area contributed by atoms with Crippen LogP contribution in [-0.4, -0.2) is 26.3 Å². The number of amides is 1. The Morgan fingerprint density at radius 2 is 2.21 bits per heavy atom. The van der Waals surface area contributed by atoms with Gasteiger partial charge in [0.2, 0.25) is 0 Å². The first-order valence-corrected chi connectivity index (χ1v) is 5.77. The SMILES string of the molecule is Cc1ccc(NC(=O)c2cn[nH]n2)c2cccnc12. The number of aromatic amines is 1. The normalized spacial score (nSPS) is 10.6. The first-order chi connectivity index (χ1) is 9.25. The van der Waals surface area contributed by atoms with E-state index in [9.17, 15) is 4.79 Å². The van der Waals surface area contributed by atoms with Crippen molar-refractivity contribution in [3.8, 4) is 0 Å². The molecule has 0 fully saturated rings. The fourth-order valence-corrected chi connectivity index (χ4v) is 1.92. The molecule has 2 aromatic heterocycles. The molecule has 0 spiro atoms. The molecule has 0 bridgehead atoms. The van der Waals surface area contributed by atoms with E-state index in [4.69, 9.17) is 0 Å². The van der Waals surface area contributed by atoms with E-state index in [1.807, 2.05) is 31.2 Å². The Hall–Kier alpha value is -2.76. The van der Waals surface area contributed by atoms with Crippen molar-refractivity contribution in [1.29, 1.82) is 0 Å². The molecule has 2 N–H and O–H groups in total. The van der Waals surface area contributed by atoms with Gasteiger partial charge < -0.3 is 5.32 Å². The fraction of sp³-hybridized carbons (Fsp3) is 0.0769. The highest BCUT2D eigenvalue weighted by Crippen LogP contribution is 2.24. The van der Waals surface area contributed by atoms with E-state index in [2.05, 4.69) is 25.7 Å². The van der Waals surface area contributed by atoms with Gasteiger partial charge in [-0.05, 0) is 30.7 Å². The highest BCUT2D eigenvalue weighted by atomic mass is 16.2. The third kappa shape index (κ3) is 2.03. The molecule has 0 aliphatic carbocycles. The molecule has 0 aliphatic heterocycles. The van der Waals surface area contributed by atoms with Crippen molar-refractivity contribution in [1.82, 2.24) is 20.4 Å². The van der Waals surface area contributed by atoms with Crippen LogP contribution in [0.5, 0.6) is 0 Å². The number of rotatable bonds is 2. The van der Waals surface area contributed by atoms with Crippen molar-refractivity contribution in [2.45, 2.75) is 6.92 Å². The Morgan fingerprint density at radius 3 is 3.00 bits per heavy atom. The smallest absolute Gasteiger partial charge is 0.277 e. The second-order valence-corrected chi connectivity index (χ2v) is 4.14. The van der Waals surface area contributed by atoms with E-state index in [1.165, 1.54) is 6.20 Å². The summed E-state index contributed by atoms with van der Waals surface area (Å²) in [5.74, 6) is -0.303. The second-order valence-electron chi connectivity index (χ2n) is 4.14. The Morgan fingerprint density at radius 1 is 1.32 bits per heavy atom. The van der Waals surface area contributed by atoms with Crippen LogP contribution in [-0.2, 0) is 0 Å². The lowest BCUT2D eigenvalue weighted by molar-refractivity contribution is 0.102. The number of hydrogen-bond acceptors (Lipinski definition) is 4. The maximum atomic E-state index is 11.9. The molecule has 3 aromatic rings. The van der Waals surface area contributed by atoms with Crippen LogP contribution in [0.4, 0.5) is 5.69 Å². The summed E-state index contributed by atoms with van der Waals surface area (Å²) in [5, 5.41) is 13.5. The van der Waals surface area contributed by atoms with Crippen molar-refractivity contribution in [2.24, 2.45) is 0 Å². The van der Waals surface area contributed by atoms with Crippen molar-refractivity contribution in [3.63, 3.8) is 0 Å². The largest absolute Gasteiger partial charge is 0.320 e. The monoisotopic (exact) mass is 253 g/mol. The summed E-state index contributed by atoms with van der Waals surface area (Å²) < 4.78 is 0. The van der Waals surface area contributed by atoms with Crippen molar-refractivity contribution in [2.75, 3.05) is 5.32 Å². The zero-order valence-electron chi connectivity index (χ0n) is 10.2. The topological polar surface area (TPSA) is 83.6 Å². The van der Waals surface area contributed by atoms with Crippen molar-refractivity contribution in [3.05, 3.63) is 47.9 Å². The zero-order valence-corrected chi connectivity index (χ0v) is 10.2. The first kappa shape index (κ1) is 11.3. The molecule has 6 heteroatoms. The van der Waals surface area contributed by atoms with Gasteiger partial charge in [0.1, 0.15) is 0 Å². The average Bonchev–Trinajstić information content (AvgIpc) is 2.96. The summed E-state index contributed by atoms with van der Waals surface area (Å²) in [7, 11) is 0. The van der Waals surface area contributed by atoms with Gasteiger partial charge in [0, 0.05) is 11.6 Å². The molecule has 1 aromatic carbocycles. The van der Waals surface area contributed by atoms with Gasteiger partial charge in [-0.25, -0.2) is 0 Å². The molecule has 3 rings (SSSR count). The van der Waals surface area contributed by atoms with E-state index in [0.717, 1.165) is 16.5 Å². The number of pyridine rings is 1. The van der Waals surface area contributed by atoms with Gasteiger partial charge in [0.25, 0.3) is 5.91 Å². The lowest BCUT2D eigenvalue weighted by Gasteiger charge is -2.08. The Bertz CT molecular complexity index is 736. The van der Waals surface area contributed by atoms with E-state index in [-0.39, 0.29) is 11.6 Å². The number of aryl methyl sites for hydroxylation is 1. The molecule has 0 unspecified atom stereocenters. The van der Waals surface area contributed by atoms with Crippen molar-refractivity contribution >= 4 is 22.5 Å². The average molecular weight is 253 g/mol. The minimum absolute atomic E-state index is 0.248. The predicted molar refractivity (Wildman–Crippen MR) is 70.8 cm³/mol. The van der Waals surface area contributed by atoms with Crippen molar-refractivity contribution < 1.29 is 4.79 Å². The number of H-pyrrole nitrogens is 1. The molecule has 1 amide bonds. The molecule has 94 valence electrons. The number of fused-ring (bicyclic) bond motifs is 1. The van der Waals surface area contributed by atoms with Crippen LogP contribution in [0, 0.1) is 6.92 Å². The Kier molecular flexibility index (Phi) is 2.68. The summed E-state index contributed by atoms with van der Waals surface area (Å²) in [4.78, 5) is 16.3. The van der Waals surface area contributed by atoms with Gasteiger partial charge >= 0.3 is 0 Å². The van der Waals surface area contributed by atoms with Crippen LogP contribution < -0.4 is 5.32 Å². The number of carbonyl (C=O) groups is 1. The summed E-state index contributed by atoms with van der Waals surface area (Å²) in [5.41, 5.74) is 2.90. The van der Waals surface area contributed by atoms with Crippen LogP contribution in [0.25, 0.3) is 10.9 Å². The van der Waals surface area contributed by atoms with Crippen LogP contribution >= 0.6 is 0 Å². The van der Waals surface area contributed by atoms with Crippen LogP contribution in [0.1, 0.15) is 16.1 Å². The minimum Gasteiger partial charge on any atom is -0.320 e. The molecular formula is C13H11N5O. The highest BCUT2D eigenvalue weighted by molar-refractivity contribution is 6.07. The number of hydrogen-bond donors (Lipinski definition) is 2. The molecule has 6 nitrogen and oxygen atoms in total. The predicted octanol–water partition coefficient (Wildman–Crippen LogP) is 1.91. The van der Waals surface area contributed by atoms with Crippen LogP contribution in [0.15, 0.2) is 36.7 Å². The standard InChI is InChI=1S/C13H11N5O/c1-8-4-5-10(9-3-2-6-14-12(8)9)16-13(19)11-7-15-18-17-11/h2-7H,1H3,(H,16,19)(H,15,17,18). The molecule has 2 heterocycles. The number of nitrogens with one attached hydrogen (secondary N) is 2. The van der Waals surface area contributed by atoms with Crippen LogP contribution in [0.2, 0.25) is 0 Å². The maximum absolute atomic E-state index is 11.9. The zero-order chi connectivity index (χ0) is 13.2. The Balaban J connectivity index is 2.02. The first-order valence-electron chi connectivity index (χ1n) is 5.77. The van der Waals surface area contributed by atoms with E-state index >= 15 is 0 Å². The fourth-order valence-electron chi connectivity index (χ4n) is 1.92. The second kappa shape index (κ2) is 4.49. The lowest BCUT2D eigenvalue weighted by Crippen LogP contribution is -2.12. The van der Waals surface area contributed by atoms with Gasteiger partial charge in [-0.3, -0.25) is 9.78 Å². The lowest BCUT2D eigenvalue weighted by atomic mass is 10.1. The molecule has 0 saturated heterocycles. The van der Waals surface area contributed by atoms with Gasteiger partial charge in [-0.2, -0.15) is 15.4 Å². The van der Waals surface area contributed by atoms with Gasteiger partial charge in [0.15, 0.2) is 5.69 Å². The van der Waals surface area contributed by atoms with Gasteiger partial charge in [-0.15, -0.1) is 0 Å². The Labute approximate surface area is 108 Å².